The Morgan fingerprint density at radius 2 is 1.48 bits per heavy atom. The molecule has 0 fully saturated rings. The maximum Gasteiger partial charge on any atom is 0.113 e. The Kier molecular flexibility index (Phi) is 3.70. The molecule has 23 heavy (non-hydrogen) atoms. The first-order valence-corrected chi connectivity index (χ1v) is 8.23. The number of fused-ring (bicyclic) bond motifs is 1. The molecule has 2 nitrogen and oxygen atoms in total. The lowest BCUT2D eigenvalue weighted by Crippen LogP contribution is -1.85. The second kappa shape index (κ2) is 6.15. The van der Waals surface area contributed by atoms with Crippen molar-refractivity contribution in [1.29, 1.82) is 0 Å². The van der Waals surface area contributed by atoms with Gasteiger partial charge in [0.1, 0.15) is 5.52 Å². The van der Waals surface area contributed by atoms with Gasteiger partial charge in [-0.15, -0.1) is 5.10 Å². The molecule has 4 aromatic rings. The van der Waals surface area contributed by atoms with Crippen molar-refractivity contribution in [2.45, 2.75) is 0 Å². The van der Waals surface area contributed by atoms with E-state index < -0.39 is 0 Å². The Bertz CT molecular complexity index is 971. The predicted molar refractivity (Wildman–Crippen MR) is 98.2 cm³/mol. The number of hydrogen-bond acceptors (Lipinski definition) is 3. The average Bonchev–Trinajstić information content (AvgIpc) is 3.10. The van der Waals surface area contributed by atoms with Gasteiger partial charge in [-0.1, -0.05) is 83.4 Å². The first-order chi connectivity index (χ1) is 11.4. The molecule has 0 aliphatic rings. The molecule has 0 amide bonds. The summed E-state index contributed by atoms with van der Waals surface area (Å²) in [4.78, 5) is 0. The van der Waals surface area contributed by atoms with Crippen LogP contribution in [0.4, 0.5) is 0 Å². The summed E-state index contributed by atoms with van der Waals surface area (Å²) in [7, 11) is 0. The monoisotopic (exact) mass is 314 g/mol. The molecule has 1 aromatic heterocycles. The van der Waals surface area contributed by atoms with Crippen molar-refractivity contribution < 1.29 is 0 Å². The van der Waals surface area contributed by atoms with Crippen LogP contribution in [0.1, 0.15) is 11.1 Å². The highest BCUT2D eigenvalue weighted by molar-refractivity contribution is 7.13. The first kappa shape index (κ1) is 13.9. The van der Waals surface area contributed by atoms with Gasteiger partial charge >= 0.3 is 0 Å². The van der Waals surface area contributed by atoms with Crippen molar-refractivity contribution in [2.24, 2.45) is 0 Å². The van der Waals surface area contributed by atoms with Gasteiger partial charge < -0.3 is 0 Å². The van der Waals surface area contributed by atoms with E-state index in [4.69, 9.17) is 0 Å². The molecular formula is C20H14N2S. The van der Waals surface area contributed by atoms with Crippen LogP contribution in [0.2, 0.25) is 0 Å². The SMILES string of the molecule is C(=Cc1ccccc1-c1cccc2snnc12)c1ccccc1. The second-order valence-corrected chi connectivity index (χ2v) is 6.04. The number of hydrogen-bond donors (Lipinski definition) is 0. The van der Waals surface area contributed by atoms with Crippen LogP contribution in [0, 0.1) is 0 Å². The fourth-order valence-electron chi connectivity index (χ4n) is 2.66. The minimum Gasteiger partial charge on any atom is -0.137 e. The van der Waals surface area contributed by atoms with Crippen LogP contribution in [-0.4, -0.2) is 9.59 Å². The maximum absolute atomic E-state index is 4.30. The predicted octanol–water partition coefficient (Wildman–Crippen LogP) is 5.53. The zero-order valence-corrected chi connectivity index (χ0v) is 13.2. The third-order valence-electron chi connectivity index (χ3n) is 3.78. The summed E-state index contributed by atoms with van der Waals surface area (Å²) in [6.45, 7) is 0. The molecule has 0 unspecified atom stereocenters. The molecule has 0 saturated heterocycles. The van der Waals surface area contributed by atoms with Crippen molar-refractivity contribution >= 4 is 33.9 Å². The van der Waals surface area contributed by atoms with E-state index in [1.54, 1.807) is 0 Å². The third-order valence-corrected chi connectivity index (χ3v) is 4.47. The molecular weight excluding hydrogens is 300 g/mol. The molecule has 0 atom stereocenters. The molecule has 0 spiro atoms. The number of aromatic nitrogens is 2. The largest absolute Gasteiger partial charge is 0.137 e. The Morgan fingerprint density at radius 3 is 2.39 bits per heavy atom. The van der Waals surface area contributed by atoms with E-state index in [1.807, 2.05) is 18.2 Å². The van der Waals surface area contributed by atoms with E-state index in [0.717, 1.165) is 15.8 Å². The fraction of sp³-hybridized carbons (Fsp3) is 0. The smallest absolute Gasteiger partial charge is 0.113 e. The van der Waals surface area contributed by atoms with E-state index in [-0.39, 0.29) is 0 Å². The van der Waals surface area contributed by atoms with Gasteiger partial charge in [0.2, 0.25) is 0 Å². The second-order valence-electron chi connectivity index (χ2n) is 5.26. The van der Waals surface area contributed by atoms with Crippen molar-refractivity contribution in [1.82, 2.24) is 9.59 Å². The number of nitrogens with zero attached hydrogens (tertiary/aromatic N) is 2. The molecule has 1 heterocycles. The van der Waals surface area contributed by atoms with Gasteiger partial charge in [-0.05, 0) is 34.3 Å². The minimum absolute atomic E-state index is 0.970. The zero-order chi connectivity index (χ0) is 15.5. The topological polar surface area (TPSA) is 25.8 Å². The highest BCUT2D eigenvalue weighted by Gasteiger charge is 2.09. The third kappa shape index (κ3) is 2.79. The Morgan fingerprint density at radius 1 is 0.696 bits per heavy atom. The van der Waals surface area contributed by atoms with Gasteiger partial charge in [0.15, 0.2) is 0 Å². The molecule has 0 aliphatic heterocycles. The number of benzene rings is 3. The highest BCUT2D eigenvalue weighted by atomic mass is 32.1. The van der Waals surface area contributed by atoms with Crippen LogP contribution < -0.4 is 0 Å². The molecule has 0 radical (unpaired) electrons. The molecule has 3 aromatic carbocycles. The van der Waals surface area contributed by atoms with Gasteiger partial charge in [-0.25, -0.2) is 0 Å². The van der Waals surface area contributed by atoms with E-state index in [9.17, 15) is 0 Å². The van der Waals surface area contributed by atoms with Crippen LogP contribution in [0.3, 0.4) is 0 Å². The van der Waals surface area contributed by atoms with E-state index in [2.05, 4.69) is 76.3 Å². The number of rotatable bonds is 3. The van der Waals surface area contributed by atoms with Crippen molar-refractivity contribution in [3.05, 3.63) is 83.9 Å². The molecule has 3 heteroatoms. The quantitative estimate of drug-likeness (QED) is 0.465. The van der Waals surface area contributed by atoms with Crippen LogP contribution >= 0.6 is 11.5 Å². The lowest BCUT2D eigenvalue weighted by atomic mass is 9.98. The molecule has 4 rings (SSSR count). The van der Waals surface area contributed by atoms with Gasteiger partial charge in [0.05, 0.1) is 4.70 Å². The van der Waals surface area contributed by atoms with E-state index in [1.165, 1.54) is 28.2 Å². The van der Waals surface area contributed by atoms with Gasteiger partial charge in [0, 0.05) is 5.56 Å². The van der Waals surface area contributed by atoms with E-state index >= 15 is 0 Å². The normalized spacial score (nSPS) is 11.3. The zero-order valence-electron chi connectivity index (χ0n) is 12.4. The molecule has 110 valence electrons. The summed E-state index contributed by atoms with van der Waals surface area (Å²) < 4.78 is 5.20. The Labute approximate surface area is 138 Å². The lowest BCUT2D eigenvalue weighted by molar-refractivity contribution is 1.20. The summed E-state index contributed by atoms with van der Waals surface area (Å²) >= 11 is 1.43. The standard InChI is InChI=1S/C20H14N2S/c1-2-7-15(8-3-1)13-14-16-9-4-5-10-17(16)18-11-6-12-19-20(18)21-22-23-19/h1-14H. The fourth-order valence-corrected chi connectivity index (χ4v) is 3.25. The van der Waals surface area contributed by atoms with Crippen LogP contribution in [0.5, 0.6) is 0 Å². The van der Waals surface area contributed by atoms with Crippen LogP contribution in [0.15, 0.2) is 72.8 Å². The summed E-state index contributed by atoms with van der Waals surface area (Å²) in [5, 5.41) is 4.30. The van der Waals surface area contributed by atoms with Crippen molar-refractivity contribution in [2.75, 3.05) is 0 Å². The molecule has 0 N–H and O–H groups in total. The van der Waals surface area contributed by atoms with Crippen LogP contribution in [-0.2, 0) is 0 Å². The van der Waals surface area contributed by atoms with Crippen LogP contribution in [0.25, 0.3) is 33.5 Å². The van der Waals surface area contributed by atoms with Gasteiger partial charge in [-0.3, -0.25) is 0 Å². The Balaban J connectivity index is 1.82. The first-order valence-electron chi connectivity index (χ1n) is 7.45. The Hall–Kier alpha value is -2.78. The van der Waals surface area contributed by atoms with Crippen molar-refractivity contribution in [3.63, 3.8) is 0 Å². The average molecular weight is 314 g/mol. The molecule has 0 saturated carbocycles. The molecule has 0 bridgehead atoms. The minimum atomic E-state index is 0.970. The summed E-state index contributed by atoms with van der Waals surface area (Å²) in [5.74, 6) is 0. The van der Waals surface area contributed by atoms with Gasteiger partial charge in [0.25, 0.3) is 0 Å². The summed E-state index contributed by atoms with van der Waals surface area (Å²) in [6.07, 6.45) is 4.29. The van der Waals surface area contributed by atoms with Gasteiger partial charge in [-0.2, -0.15) is 0 Å². The summed E-state index contributed by atoms with van der Waals surface area (Å²) in [6, 6.07) is 25.0. The highest BCUT2D eigenvalue weighted by Crippen LogP contribution is 2.31. The van der Waals surface area contributed by atoms with Crippen molar-refractivity contribution in [3.8, 4) is 11.1 Å². The lowest BCUT2D eigenvalue weighted by Gasteiger charge is -2.07. The van der Waals surface area contributed by atoms with E-state index in [0.29, 0.717) is 0 Å². The summed E-state index contributed by atoms with van der Waals surface area (Å²) in [5.41, 5.74) is 5.65. The molecule has 0 aliphatic carbocycles. The maximum atomic E-state index is 4.30.